The van der Waals surface area contributed by atoms with Crippen molar-refractivity contribution in [1.82, 2.24) is 4.57 Å². The monoisotopic (exact) mass is 278 g/mol. The molecule has 0 aliphatic rings. The van der Waals surface area contributed by atoms with E-state index in [1.54, 1.807) is 36.0 Å². The summed E-state index contributed by atoms with van der Waals surface area (Å²) in [6.45, 7) is 1.41. The Kier molecular flexibility index (Phi) is 3.40. The standard InChI is InChI=1S/C13H11ClN2O3/c1-7(17)15-8-3-4-9-10(12(18)13(14)19)6-16(2)11(9)5-8/h3-6H,1-2H3,(H,15,17). The maximum atomic E-state index is 11.7. The smallest absolute Gasteiger partial charge is 0.293 e. The van der Waals surface area contributed by atoms with Crippen LogP contribution in [0.4, 0.5) is 5.69 Å². The molecule has 0 saturated heterocycles. The third-order valence-corrected chi connectivity index (χ3v) is 2.91. The molecule has 19 heavy (non-hydrogen) atoms. The number of halogens is 1. The van der Waals surface area contributed by atoms with Crippen LogP contribution in [-0.4, -0.2) is 21.5 Å². The molecule has 5 nitrogen and oxygen atoms in total. The maximum absolute atomic E-state index is 11.7. The van der Waals surface area contributed by atoms with Crippen LogP contribution in [0.5, 0.6) is 0 Å². The molecule has 0 aliphatic heterocycles. The van der Waals surface area contributed by atoms with Gasteiger partial charge in [-0.05, 0) is 23.7 Å². The Hall–Kier alpha value is -2.14. The molecule has 0 spiro atoms. The molecule has 0 atom stereocenters. The van der Waals surface area contributed by atoms with Gasteiger partial charge >= 0.3 is 0 Å². The first-order valence-electron chi connectivity index (χ1n) is 5.51. The second-order valence-electron chi connectivity index (χ2n) is 4.17. The zero-order valence-corrected chi connectivity index (χ0v) is 11.1. The predicted molar refractivity (Wildman–Crippen MR) is 72.4 cm³/mol. The molecule has 98 valence electrons. The van der Waals surface area contributed by atoms with Crippen LogP contribution < -0.4 is 5.32 Å². The third kappa shape index (κ3) is 2.51. The van der Waals surface area contributed by atoms with Crippen LogP contribution in [0.15, 0.2) is 24.4 Å². The number of hydrogen-bond donors (Lipinski definition) is 1. The molecule has 1 amide bonds. The average molecular weight is 279 g/mol. The normalized spacial score (nSPS) is 10.5. The fraction of sp³-hybridized carbons (Fsp3) is 0.154. The van der Waals surface area contributed by atoms with Crippen molar-refractivity contribution in [1.29, 1.82) is 0 Å². The van der Waals surface area contributed by atoms with Crippen molar-refractivity contribution in [3.8, 4) is 0 Å². The first kappa shape index (κ1) is 13.3. The zero-order chi connectivity index (χ0) is 14.2. The number of Topliss-reactive ketones (excluding diaryl/α,β-unsaturated/α-hetero) is 1. The van der Waals surface area contributed by atoms with Gasteiger partial charge in [-0.1, -0.05) is 6.07 Å². The van der Waals surface area contributed by atoms with Gasteiger partial charge in [-0.15, -0.1) is 0 Å². The maximum Gasteiger partial charge on any atom is 0.293 e. The van der Waals surface area contributed by atoms with Crippen LogP contribution in [0.2, 0.25) is 0 Å². The Morgan fingerprint density at radius 1 is 1.26 bits per heavy atom. The van der Waals surface area contributed by atoms with Crippen LogP contribution >= 0.6 is 11.6 Å². The lowest BCUT2D eigenvalue weighted by Crippen LogP contribution is -2.07. The molecular weight excluding hydrogens is 268 g/mol. The highest BCUT2D eigenvalue weighted by Gasteiger charge is 2.19. The van der Waals surface area contributed by atoms with Crippen LogP contribution in [0.25, 0.3) is 10.9 Å². The van der Waals surface area contributed by atoms with E-state index < -0.39 is 11.0 Å². The summed E-state index contributed by atoms with van der Waals surface area (Å²) in [6, 6.07) is 5.07. The second-order valence-corrected chi connectivity index (χ2v) is 4.51. The molecule has 1 N–H and O–H groups in total. The number of amides is 1. The molecule has 6 heteroatoms. The minimum atomic E-state index is -1.02. The predicted octanol–water partition coefficient (Wildman–Crippen LogP) is 2.08. The van der Waals surface area contributed by atoms with Crippen LogP contribution in [0.3, 0.4) is 0 Å². The van der Waals surface area contributed by atoms with Gasteiger partial charge < -0.3 is 9.88 Å². The number of anilines is 1. The number of hydrogen-bond acceptors (Lipinski definition) is 3. The Bertz CT molecular complexity index is 703. The second kappa shape index (κ2) is 4.85. The molecule has 1 aromatic heterocycles. The number of aryl methyl sites for hydroxylation is 1. The Morgan fingerprint density at radius 3 is 2.53 bits per heavy atom. The van der Waals surface area contributed by atoms with Gasteiger partial charge in [-0.3, -0.25) is 14.4 Å². The van der Waals surface area contributed by atoms with E-state index >= 15 is 0 Å². The molecule has 2 aromatic rings. The summed E-state index contributed by atoms with van der Waals surface area (Å²) in [6.07, 6.45) is 1.55. The number of nitrogens with one attached hydrogen (secondary N) is 1. The summed E-state index contributed by atoms with van der Waals surface area (Å²) < 4.78 is 1.70. The third-order valence-electron chi connectivity index (χ3n) is 2.73. The number of carbonyl (C=O) groups is 3. The minimum Gasteiger partial charge on any atom is -0.350 e. The summed E-state index contributed by atoms with van der Waals surface area (Å²) in [5, 5.41) is 2.26. The Labute approximate surface area is 114 Å². The zero-order valence-electron chi connectivity index (χ0n) is 10.4. The number of carbonyl (C=O) groups excluding carboxylic acids is 3. The molecule has 2 rings (SSSR count). The van der Waals surface area contributed by atoms with E-state index in [2.05, 4.69) is 5.32 Å². The molecule has 1 heterocycles. The lowest BCUT2D eigenvalue weighted by Gasteiger charge is -2.03. The molecule has 0 aliphatic carbocycles. The quantitative estimate of drug-likeness (QED) is 0.531. The SMILES string of the molecule is CC(=O)Nc1ccc2c(C(=O)C(=O)Cl)cn(C)c2c1. The summed E-state index contributed by atoms with van der Waals surface area (Å²) in [4.78, 5) is 33.6. The summed E-state index contributed by atoms with van der Waals surface area (Å²) in [5.41, 5.74) is 1.61. The summed E-state index contributed by atoms with van der Waals surface area (Å²) in [5.74, 6) is -0.916. The fourth-order valence-electron chi connectivity index (χ4n) is 1.95. The molecule has 0 radical (unpaired) electrons. The van der Waals surface area contributed by atoms with Crippen molar-refractivity contribution < 1.29 is 14.4 Å². The highest BCUT2D eigenvalue weighted by Crippen LogP contribution is 2.25. The number of nitrogens with zero attached hydrogens (tertiary/aromatic N) is 1. The van der Waals surface area contributed by atoms with E-state index in [0.717, 1.165) is 5.52 Å². The van der Waals surface area contributed by atoms with Gasteiger partial charge in [0.15, 0.2) is 0 Å². The van der Waals surface area contributed by atoms with Crippen molar-refractivity contribution in [3.05, 3.63) is 30.0 Å². The van der Waals surface area contributed by atoms with E-state index in [1.807, 2.05) is 0 Å². The fourth-order valence-corrected chi connectivity index (χ4v) is 2.05. The average Bonchev–Trinajstić information content (AvgIpc) is 2.65. The van der Waals surface area contributed by atoms with Gasteiger partial charge in [0.05, 0.1) is 11.1 Å². The van der Waals surface area contributed by atoms with E-state index in [1.165, 1.54) is 6.92 Å². The van der Waals surface area contributed by atoms with Crippen molar-refractivity contribution in [2.24, 2.45) is 7.05 Å². The first-order chi connectivity index (χ1) is 8.90. The highest BCUT2D eigenvalue weighted by molar-refractivity contribution is 6.83. The van der Waals surface area contributed by atoms with Crippen molar-refractivity contribution in [3.63, 3.8) is 0 Å². The lowest BCUT2D eigenvalue weighted by molar-refractivity contribution is -0.114. The number of aromatic nitrogens is 1. The topological polar surface area (TPSA) is 68.2 Å². The summed E-state index contributed by atoms with van der Waals surface area (Å²) >= 11 is 5.22. The number of fused-ring (bicyclic) bond motifs is 1. The van der Waals surface area contributed by atoms with E-state index in [-0.39, 0.29) is 11.5 Å². The number of benzene rings is 1. The molecule has 0 fully saturated rings. The minimum absolute atomic E-state index is 0.180. The Morgan fingerprint density at radius 2 is 1.95 bits per heavy atom. The van der Waals surface area contributed by atoms with Crippen molar-refractivity contribution in [2.45, 2.75) is 6.92 Å². The van der Waals surface area contributed by atoms with Crippen molar-refractivity contribution >= 4 is 45.1 Å². The van der Waals surface area contributed by atoms with Gasteiger partial charge in [0, 0.05) is 31.2 Å². The van der Waals surface area contributed by atoms with Gasteiger partial charge in [0.2, 0.25) is 11.7 Å². The number of rotatable bonds is 3. The lowest BCUT2D eigenvalue weighted by atomic mass is 10.1. The Balaban J connectivity index is 2.57. The molecule has 0 bridgehead atoms. The van der Waals surface area contributed by atoms with Gasteiger partial charge in [-0.25, -0.2) is 0 Å². The van der Waals surface area contributed by atoms with Gasteiger partial charge in [0.25, 0.3) is 5.24 Å². The van der Waals surface area contributed by atoms with Crippen LogP contribution in [0.1, 0.15) is 17.3 Å². The summed E-state index contributed by atoms with van der Waals surface area (Å²) in [7, 11) is 1.75. The van der Waals surface area contributed by atoms with E-state index in [0.29, 0.717) is 11.1 Å². The molecule has 0 unspecified atom stereocenters. The van der Waals surface area contributed by atoms with Crippen LogP contribution in [0, 0.1) is 0 Å². The van der Waals surface area contributed by atoms with Gasteiger partial charge in [-0.2, -0.15) is 0 Å². The van der Waals surface area contributed by atoms with E-state index in [4.69, 9.17) is 11.6 Å². The molecule has 0 saturated carbocycles. The first-order valence-corrected chi connectivity index (χ1v) is 5.89. The van der Waals surface area contributed by atoms with Crippen molar-refractivity contribution in [2.75, 3.05) is 5.32 Å². The molecule has 1 aromatic carbocycles. The number of ketones is 1. The van der Waals surface area contributed by atoms with Crippen LogP contribution in [-0.2, 0) is 16.6 Å². The van der Waals surface area contributed by atoms with E-state index in [9.17, 15) is 14.4 Å². The molecular formula is C13H11ClN2O3. The van der Waals surface area contributed by atoms with Gasteiger partial charge in [0.1, 0.15) is 0 Å². The highest BCUT2D eigenvalue weighted by atomic mass is 35.5. The largest absolute Gasteiger partial charge is 0.350 e.